The molecule has 0 amide bonds. The summed E-state index contributed by atoms with van der Waals surface area (Å²) in [7, 11) is 1.50. The summed E-state index contributed by atoms with van der Waals surface area (Å²) in [6.07, 6.45) is 3.62. The van der Waals surface area contributed by atoms with Crippen molar-refractivity contribution in [2.24, 2.45) is 16.5 Å². The van der Waals surface area contributed by atoms with Crippen LogP contribution in [-0.2, 0) is 4.79 Å². The van der Waals surface area contributed by atoms with Crippen LogP contribution in [0.25, 0.3) is 5.57 Å². The molecule has 0 saturated heterocycles. The van der Waals surface area contributed by atoms with Gasteiger partial charge in [0.1, 0.15) is 10.9 Å². The molecule has 0 aromatic heterocycles. The molecule has 2 rings (SSSR count). The van der Waals surface area contributed by atoms with Crippen LogP contribution in [0.5, 0.6) is 0 Å². The van der Waals surface area contributed by atoms with Gasteiger partial charge in [-0.25, -0.2) is 4.99 Å². The number of thioether (sulfide) groups is 1. The first-order valence-electron chi connectivity index (χ1n) is 8.62. The van der Waals surface area contributed by atoms with Crippen molar-refractivity contribution < 1.29 is 4.79 Å². The molecule has 1 aromatic rings. The molecule has 0 spiro atoms. The second-order valence-electron chi connectivity index (χ2n) is 6.04. The van der Waals surface area contributed by atoms with Crippen LogP contribution in [0, 0.1) is 13.8 Å². The van der Waals surface area contributed by atoms with Crippen LogP contribution < -0.4 is 11.5 Å². The van der Waals surface area contributed by atoms with Gasteiger partial charge < -0.3 is 11.5 Å². The molecule has 0 bridgehead atoms. The molecule has 1 aliphatic rings. The maximum atomic E-state index is 11.2. The molecule has 4 nitrogen and oxygen atoms in total. The van der Waals surface area contributed by atoms with E-state index in [4.69, 9.17) is 5.73 Å². The predicted octanol–water partition coefficient (Wildman–Crippen LogP) is 4.48. The van der Waals surface area contributed by atoms with Crippen LogP contribution in [0.2, 0.25) is 0 Å². The van der Waals surface area contributed by atoms with E-state index in [2.05, 4.69) is 56.6 Å². The molecule has 0 saturated carbocycles. The van der Waals surface area contributed by atoms with Crippen molar-refractivity contribution >= 4 is 28.7 Å². The smallest absolute Gasteiger partial charge is 0.156 e. The van der Waals surface area contributed by atoms with Crippen LogP contribution in [0.4, 0.5) is 0 Å². The third-order valence-corrected chi connectivity index (χ3v) is 5.34. The number of allylic oxidation sites excluding steroid dienone is 4. The van der Waals surface area contributed by atoms with E-state index in [1.165, 1.54) is 29.9 Å². The molecule has 0 atom stereocenters. The van der Waals surface area contributed by atoms with Crippen molar-refractivity contribution in [2.45, 2.75) is 41.0 Å². The Morgan fingerprint density at radius 3 is 2.38 bits per heavy atom. The Morgan fingerprint density at radius 1 is 1.19 bits per heavy atom. The van der Waals surface area contributed by atoms with Gasteiger partial charge in [0.2, 0.25) is 0 Å². The summed E-state index contributed by atoms with van der Waals surface area (Å²) in [6.45, 7) is 10.3. The van der Waals surface area contributed by atoms with Crippen molar-refractivity contribution in [3.05, 3.63) is 62.8 Å². The van der Waals surface area contributed by atoms with Gasteiger partial charge in [0, 0.05) is 5.57 Å². The minimum atomic E-state index is 0.533. The Morgan fingerprint density at radius 2 is 1.85 bits per heavy atom. The number of carbonyl (C=O) groups is 1. The Labute approximate surface area is 161 Å². The average molecular weight is 372 g/mol. The highest BCUT2D eigenvalue weighted by molar-refractivity contribution is 8.18. The molecule has 4 N–H and O–H groups in total. The fourth-order valence-electron chi connectivity index (χ4n) is 2.33. The number of benzene rings is 1. The lowest BCUT2D eigenvalue weighted by Crippen LogP contribution is -2.03. The monoisotopic (exact) mass is 371 g/mol. The topological polar surface area (TPSA) is 81.5 Å². The number of nitrogens with zero attached hydrogens (tertiary/aromatic N) is 1. The van der Waals surface area contributed by atoms with E-state index in [1.807, 2.05) is 13.0 Å². The molecule has 1 aliphatic heterocycles. The van der Waals surface area contributed by atoms with Crippen LogP contribution in [-0.4, -0.2) is 18.4 Å². The maximum Gasteiger partial charge on any atom is 0.156 e. The molecule has 5 heteroatoms. The van der Waals surface area contributed by atoms with E-state index < -0.39 is 0 Å². The number of carbonyl (C=O) groups excluding carboxylic acids is 1. The molecule has 140 valence electrons. The lowest BCUT2D eigenvalue weighted by molar-refractivity contribution is -0.104. The predicted molar refractivity (Wildman–Crippen MR) is 115 cm³/mol. The fraction of sp³-hybridized carbons (Fsp3) is 0.333. The van der Waals surface area contributed by atoms with Gasteiger partial charge in [-0.3, -0.25) is 4.79 Å². The van der Waals surface area contributed by atoms with E-state index in [-0.39, 0.29) is 0 Å². The number of rotatable bonds is 4. The minimum Gasteiger partial charge on any atom is -0.384 e. The van der Waals surface area contributed by atoms with Gasteiger partial charge in [0.25, 0.3) is 0 Å². The highest BCUT2D eigenvalue weighted by Gasteiger charge is 2.21. The van der Waals surface area contributed by atoms with E-state index in [1.54, 1.807) is 0 Å². The molecule has 1 aromatic carbocycles. The summed E-state index contributed by atoms with van der Waals surface area (Å²) in [6, 6.07) is 6.40. The highest BCUT2D eigenvalue weighted by atomic mass is 32.2. The SMILES string of the molecule is CC/C(C)=C(N)/N=C1/SC(C=O)=C/C1=C(/C)c1ccc(C)c(C)c1.CN. The minimum absolute atomic E-state index is 0.533. The quantitative estimate of drug-likeness (QED) is 0.765. The molecule has 0 aliphatic carbocycles. The Bertz CT molecular complexity index is 801. The summed E-state index contributed by atoms with van der Waals surface area (Å²) in [5, 5.41) is 0.790. The van der Waals surface area contributed by atoms with Crippen LogP contribution in [0.15, 0.2) is 51.1 Å². The number of hydrogen-bond donors (Lipinski definition) is 2. The highest BCUT2D eigenvalue weighted by Crippen LogP contribution is 2.36. The fourth-order valence-corrected chi connectivity index (χ4v) is 3.24. The summed E-state index contributed by atoms with van der Waals surface area (Å²) in [5.41, 5.74) is 17.4. The molecule has 0 radical (unpaired) electrons. The lowest BCUT2D eigenvalue weighted by atomic mass is 9.98. The summed E-state index contributed by atoms with van der Waals surface area (Å²) in [5.74, 6) is 0.533. The van der Waals surface area contributed by atoms with Gasteiger partial charge in [0.05, 0.1) is 4.91 Å². The maximum absolute atomic E-state index is 11.2. The third-order valence-electron chi connectivity index (χ3n) is 4.38. The molecule has 0 unspecified atom stereocenters. The van der Waals surface area contributed by atoms with Crippen molar-refractivity contribution in [3.63, 3.8) is 0 Å². The van der Waals surface area contributed by atoms with Gasteiger partial charge in [-0.05, 0) is 75.1 Å². The zero-order valence-electron chi connectivity index (χ0n) is 16.5. The third kappa shape index (κ3) is 5.19. The molecule has 1 heterocycles. The van der Waals surface area contributed by atoms with E-state index >= 15 is 0 Å². The van der Waals surface area contributed by atoms with Gasteiger partial charge in [0.15, 0.2) is 6.29 Å². The number of aryl methyl sites for hydroxylation is 2. The zero-order valence-corrected chi connectivity index (χ0v) is 17.3. The lowest BCUT2D eigenvalue weighted by Gasteiger charge is -2.10. The summed E-state index contributed by atoms with van der Waals surface area (Å²) < 4.78 is 0. The zero-order chi connectivity index (χ0) is 19.9. The number of nitrogens with two attached hydrogens (primary N) is 2. The second kappa shape index (κ2) is 10.1. The van der Waals surface area contributed by atoms with E-state index in [0.29, 0.717) is 10.7 Å². The molecule has 26 heavy (non-hydrogen) atoms. The van der Waals surface area contributed by atoms with Gasteiger partial charge >= 0.3 is 0 Å². The molecular formula is C21H29N3OS. The number of hydrogen-bond acceptors (Lipinski definition) is 5. The average Bonchev–Trinajstić information content (AvgIpc) is 3.07. The second-order valence-corrected chi connectivity index (χ2v) is 7.10. The largest absolute Gasteiger partial charge is 0.384 e. The molecule has 0 fully saturated rings. The Hall–Kier alpha value is -2.11. The normalized spacial score (nSPS) is 18.0. The Kier molecular flexibility index (Phi) is 8.55. The number of aliphatic imine (C=N–C) groups is 1. The number of aldehydes is 1. The van der Waals surface area contributed by atoms with E-state index in [0.717, 1.165) is 40.0 Å². The van der Waals surface area contributed by atoms with E-state index in [9.17, 15) is 4.79 Å². The molecular weight excluding hydrogens is 342 g/mol. The van der Waals surface area contributed by atoms with Crippen molar-refractivity contribution in [2.75, 3.05) is 7.05 Å². The Balaban J connectivity index is 0.00000163. The van der Waals surface area contributed by atoms with Crippen LogP contribution in [0.1, 0.15) is 43.9 Å². The van der Waals surface area contributed by atoms with Crippen molar-refractivity contribution in [3.8, 4) is 0 Å². The van der Waals surface area contributed by atoms with Crippen LogP contribution >= 0.6 is 11.8 Å². The van der Waals surface area contributed by atoms with Gasteiger partial charge in [-0.2, -0.15) is 0 Å². The first kappa shape index (κ1) is 21.9. The van der Waals surface area contributed by atoms with Crippen molar-refractivity contribution in [1.82, 2.24) is 0 Å². The summed E-state index contributed by atoms with van der Waals surface area (Å²) >= 11 is 1.38. The van der Waals surface area contributed by atoms with Gasteiger partial charge in [-0.15, -0.1) is 0 Å². The van der Waals surface area contributed by atoms with Gasteiger partial charge in [-0.1, -0.05) is 36.9 Å². The first-order valence-corrected chi connectivity index (χ1v) is 9.44. The van der Waals surface area contributed by atoms with Crippen molar-refractivity contribution in [1.29, 1.82) is 0 Å². The summed E-state index contributed by atoms with van der Waals surface area (Å²) in [4.78, 5) is 16.5. The standard InChI is InChI=1S/C20H24N2OS.CH5N/c1-6-12(2)19(21)22-20-18(10-17(11-23)24-20)15(5)16-8-7-13(3)14(4)9-16;1-2/h7-11H,6,21H2,1-5H3;2H2,1H3/b18-15+,19-12+,22-20+;. The van der Waals surface area contributed by atoms with Crippen LogP contribution in [0.3, 0.4) is 0 Å². The first-order chi connectivity index (χ1) is 12.4.